The Bertz CT molecular complexity index is 937. The summed E-state index contributed by atoms with van der Waals surface area (Å²) < 4.78 is 18.7. The van der Waals surface area contributed by atoms with Crippen molar-refractivity contribution in [1.82, 2.24) is 20.0 Å². The number of hydrogen-bond donors (Lipinski definition) is 1. The Morgan fingerprint density at radius 3 is 2.38 bits per heavy atom. The van der Waals surface area contributed by atoms with Gasteiger partial charge in [0, 0.05) is 37.4 Å². The van der Waals surface area contributed by atoms with Crippen LogP contribution >= 0.6 is 0 Å². The van der Waals surface area contributed by atoms with Crippen molar-refractivity contribution in [3.63, 3.8) is 0 Å². The van der Waals surface area contributed by atoms with E-state index in [1.807, 2.05) is 30.3 Å². The predicted octanol–water partition coefficient (Wildman–Crippen LogP) is 2.63. The van der Waals surface area contributed by atoms with E-state index >= 15 is 0 Å². The van der Waals surface area contributed by atoms with Gasteiger partial charge in [-0.25, -0.2) is 4.39 Å². The Hall–Kier alpha value is -3.10. The van der Waals surface area contributed by atoms with Crippen LogP contribution in [0, 0.1) is 5.82 Å². The Balaban J connectivity index is 1.23. The molecule has 1 aromatic heterocycles. The summed E-state index contributed by atoms with van der Waals surface area (Å²) in [7, 11) is 0. The van der Waals surface area contributed by atoms with E-state index in [-0.39, 0.29) is 11.7 Å². The molecule has 3 aromatic rings. The first kappa shape index (κ1) is 19.2. The Kier molecular flexibility index (Phi) is 5.92. The number of nitrogens with one attached hydrogen (secondary N) is 1. The standard InChI is InChI=1S/C21H22FN5O2/c22-17-6-8-18(9-7-17)23-19(28)14-26-10-12-27(13-11-26)15-20-24-25-21(29-20)16-4-2-1-3-5-16/h1-9H,10-15H2,(H,23,28). The average molecular weight is 395 g/mol. The monoisotopic (exact) mass is 395 g/mol. The van der Waals surface area contributed by atoms with Crippen LogP contribution in [0.15, 0.2) is 59.0 Å². The van der Waals surface area contributed by atoms with Crippen molar-refractivity contribution in [2.45, 2.75) is 6.54 Å². The van der Waals surface area contributed by atoms with E-state index < -0.39 is 0 Å². The van der Waals surface area contributed by atoms with Crippen molar-refractivity contribution in [2.24, 2.45) is 0 Å². The molecule has 0 bridgehead atoms. The van der Waals surface area contributed by atoms with Gasteiger partial charge >= 0.3 is 0 Å². The summed E-state index contributed by atoms with van der Waals surface area (Å²) in [6, 6.07) is 15.5. The minimum atomic E-state index is -0.323. The molecule has 7 nitrogen and oxygen atoms in total. The fourth-order valence-electron chi connectivity index (χ4n) is 3.25. The van der Waals surface area contributed by atoms with Crippen LogP contribution in [0.5, 0.6) is 0 Å². The van der Waals surface area contributed by atoms with Gasteiger partial charge in [-0.15, -0.1) is 10.2 Å². The van der Waals surface area contributed by atoms with Crippen molar-refractivity contribution in [2.75, 3.05) is 38.0 Å². The van der Waals surface area contributed by atoms with E-state index in [0.29, 0.717) is 30.6 Å². The molecule has 2 aromatic carbocycles. The lowest BCUT2D eigenvalue weighted by molar-refractivity contribution is -0.117. The number of aromatic nitrogens is 2. The molecule has 29 heavy (non-hydrogen) atoms. The van der Waals surface area contributed by atoms with Gasteiger partial charge in [0.05, 0.1) is 13.1 Å². The fraction of sp³-hybridized carbons (Fsp3) is 0.286. The lowest BCUT2D eigenvalue weighted by Crippen LogP contribution is -2.48. The van der Waals surface area contributed by atoms with Gasteiger partial charge in [-0.05, 0) is 36.4 Å². The van der Waals surface area contributed by atoms with E-state index in [4.69, 9.17) is 4.42 Å². The fourth-order valence-corrected chi connectivity index (χ4v) is 3.25. The van der Waals surface area contributed by atoms with Crippen molar-refractivity contribution in [3.05, 3.63) is 66.3 Å². The number of amides is 1. The van der Waals surface area contributed by atoms with Gasteiger partial charge in [-0.1, -0.05) is 18.2 Å². The van der Waals surface area contributed by atoms with Crippen LogP contribution in [-0.2, 0) is 11.3 Å². The molecule has 1 aliphatic rings. The summed E-state index contributed by atoms with van der Waals surface area (Å²) in [5.41, 5.74) is 1.50. The largest absolute Gasteiger partial charge is 0.419 e. The zero-order valence-electron chi connectivity index (χ0n) is 15.9. The number of carbonyl (C=O) groups excluding carboxylic acids is 1. The molecular formula is C21H22FN5O2. The average Bonchev–Trinajstić information content (AvgIpc) is 3.20. The van der Waals surface area contributed by atoms with Crippen LogP contribution < -0.4 is 5.32 Å². The second-order valence-corrected chi connectivity index (χ2v) is 6.97. The van der Waals surface area contributed by atoms with E-state index in [1.165, 1.54) is 12.1 Å². The van der Waals surface area contributed by atoms with Gasteiger partial charge in [-0.3, -0.25) is 14.6 Å². The second-order valence-electron chi connectivity index (χ2n) is 6.97. The molecule has 0 radical (unpaired) electrons. The topological polar surface area (TPSA) is 74.5 Å². The summed E-state index contributed by atoms with van der Waals surface area (Å²) >= 11 is 0. The van der Waals surface area contributed by atoms with E-state index in [0.717, 1.165) is 31.7 Å². The summed E-state index contributed by atoms with van der Waals surface area (Å²) in [5.74, 6) is 0.689. The maximum Gasteiger partial charge on any atom is 0.247 e. The van der Waals surface area contributed by atoms with Crippen molar-refractivity contribution in [1.29, 1.82) is 0 Å². The number of halogens is 1. The first-order chi connectivity index (χ1) is 14.2. The molecule has 1 amide bonds. The molecule has 1 saturated heterocycles. The van der Waals surface area contributed by atoms with Crippen LogP contribution in [0.4, 0.5) is 10.1 Å². The Morgan fingerprint density at radius 2 is 1.66 bits per heavy atom. The quantitative estimate of drug-likeness (QED) is 0.692. The number of hydrogen-bond acceptors (Lipinski definition) is 6. The molecule has 150 valence electrons. The highest BCUT2D eigenvalue weighted by Crippen LogP contribution is 2.18. The molecule has 0 saturated carbocycles. The molecular weight excluding hydrogens is 373 g/mol. The third-order valence-corrected chi connectivity index (χ3v) is 4.81. The van der Waals surface area contributed by atoms with Crippen molar-refractivity contribution < 1.29 is 13.6 Å². The zero-order chi connectivity index (χ0) is 20.1. The van der Waals surface area contributed by atoms with Crippen molar-refractivity contribution in [3.8, 4) is 11.5 Å². The minimum absolute atomic E-state index is 0.102. The maximum absolute atomic E-state index is 12.9. The highest BCUT2D eigenvalue weighted by Gasteiger charge is 2.21. The van der Waals surface area contributed by atoms with E-state index in [9.17, 15) is 9.18 Å². The number of piperazine rings is 1. The number of anilines is 1. The SMILES string of the molecule is O=C(CN1CCN(Cc2nnc(-c3ccccc3)o2)CC1)Nc1ccc(F)cc1. The van der Waals surface area contributed by atoms with Crippen LogP contribution in [0.2, 0.25) is 0 Å². The minimum Gasteiger partial charge on any atom is -0.419 e. The highest BCUT2D eigenvalue weighted by atomic mass is 19.1. The maximum atomic E-state index is 12.9. The molecule has 0 spiro atoms. The number of carbonyl (C=O) groups is 1. The summed E-state index contributed by atoms with van der Waals surface area (Å²) in [6.45, 7) is 4.08. The summed E-state index contributed by atoms with van der Waals surface area (Å²) in [5, 5.41) is 11.1. The van der Waals surface area contributed by atoms with Gasteiger partial charge in [0.1, 0.15) is 5.82 Å². The van der Waals surface area contributed by atoms with Gasteiger partial charge in [0.15, 0.2) is 0 Å². The van der Waals surface area contributed by atoms with Gasteiger partial charge in [0.25, 0.3) is 0 Å². The summed E-state index contributed by atoms with van der Waals surface area (Å²) in [6.07, 6.45) is 0. The van der Waals surface area contributed by atoms with Crippen LogP contribution in [0.25, 0.3) is 11.5 Å². The number of rotatable bonds is 6. The first-order valence-electron chi connectivity index (χ1n) is 9.54. The van der Waals surface area contributed by atoms with E-state index in [1.54, 1.807) is 12.1 Å². The normalized spacial score (nSPS) is 15.3. The highest BCUT2D eigenvalue weighted by molar-refractivity contribution is 5.92. The Labute approximate surface area is 168 Å². The molecule has 4 rings (SSSR count). The van der Waals surface area contributed by atoms with Gasteiger partial charge in [0.2, 0.25) is 17.7 Å². The lowest BCUT2D eigenvalue weighted by Gasteiger charge is -2.33. The first-order valence-corrected chi connectivity index (χ1v) is 9.54. The molecule has 0 atom stereocenters. The molecule has 1 aliphatic heterocycles. The van der Waals surface area contributed by atoms with Crippen LogP contribution in [0.3, 0.4) is 0 Å². The molecule has 1 N–H and O–H groups in total. The van der Waals surface area contributed by atoms with Gasteiger partial charge in [-0.2, -0.15) is 0 Å². The second kappa shape index (κ2) is 8.93. The zero-order valence-corrected chi connectivity index (χ0v) is 15.9. The third kappa shape index (κ3) is 5.24. The summed E-state index contributed by atoms with van der Waals surface area (Å²) in [4.78, 5) is 16.5. The van der Waals surface area contributed by atoms with Crippen molar-refractivity contribution >= 4 is 11.6 Å². The Morgan fingerprint density at radius 1 is 0.966 bits per heavy atom. The molecule has 0 unspecified atom stereocenters. The van der Waals surface area contributed by atoms with E-state index in [2.05, 4.69) is 25.3 Å². The third-order valence-electron chi connectivity index (χ3n) is 4.81. The van der Waals surface area contributed by atoms with Crippen LogP contribution in [0.1, 0.15) is 5.89 Å². The predicted molar refractivity (Wildman–Crippen MR) is 106 cm³/mol. The van der Waals surface area contributed by atoms with Gasteiger partial charge < -0.3 is 9.73 Å². The smallest absolute Gasteiger partial charge is 0.247 e. The molecule has 8 heteroatoms. The molecule has 2 heterocycles. The molecule has 1 fully saturated rings. The molecule has 0 aliphatic carbocycles. The lowest BCUT2D eigenvalue weighted by atomic mass is 10.2. The van der Waals surface area contributed by atoms with Crippen LogP contribution in [-0.4, -0.2) is 58.6 Å². The number of nitrogens with zero attached hydrogens (tertiary/aromatic N) is 4. The number of benzene rings is 2.